The number of aromatic nitrogens is 1. The Morgan fingerprint density at radius 3 is 2.45 bits per heavy atom. The van der Waals surface area contributed by atoms with Crippen LogP contribution in [0.5, 0.6) is 0 Å². The van der Waals surface area contributed by atoms with Crippen LogP contribution in [0.3, 0.4) is 0 Å². The zero-order valence-corrected chi connectivity index (χ0v) is 11.3. The van der Waals surface area contributed by atoms with Crippen molar-refractivity contribution in [2.24, 2.45) is 0 Å². The first-order valence-electron chi connectivity index (χ1n) is 5.26. The maximum atomic E-state index is 13.5. The number of nitrogens with one attached hydrogen (secondary N) is 2. The zero-order chi connectivity index (χ0) is 14.9. The fourth-order valence-electron chi connectivity index (χ4n) is 1.50. The first kappa shape index (κ1) is 14.2. The number of aromatic amines is 1. The van der Waals surface area contributed by atoms with E-state index in [1.807, 2.05) is 0 Å². The van der Waals surface area contributed by atoms with Crippen LogP contribution in [-0.2, 0) is 0 Å². The summed E-state index contributed by atoms with van der Waals surface area (Å²) in [7, 11) is 0. The highest BCUT2D eigenvalue weighted by atomic mass is 79.9. The van der Waals surface area contributed by atoms with E-state index in [0.717, 1.165) is 6.07 Å². The summed E-state index contributed by atoms with van der Waals surface area (Å²) in [6.07, 6.45) is 1.50. The predicted molar refractivity (Wildman–Crippen MR) is 69.8 cm³/mol. The average molecular weight is 345 g/mol. The molecule has 0 radical (unpaired) electrons. The van der Waals surface area contributed by atoms with Gasteiger partial charge in [0.15, 0.2) is 0 Å². The standard InChI is InChI=1S/C12H7BrF2N2O3/c13-5-1-10(16-4-5)11(18)17-9-2-6(12(19)20)7(14)3-8(9)15/h1-4,16H,(H,17,18)(H,19,20). The molecule has 104 valence electrons. The summed E-state index contributed by atoms with van der Waals surface area (Å²) in [5, 5.41) is 10.9. The van der Waals surface area contributed by atoms with Crippen molar-refractivity contribution < 1.29 is 23.5 Å². The van der Waals surface area contributed by atoms with E-state index >= 15 is 0 Å². The van der Waals surface area contributed by atoms with Gasteiger partial charge in [0.25, 0.3) is 5.91 Å². The summed E-state index contributed by atoms with van der Waals surface area (Å²) in [4.78, 5) is 25.2. The summed E-state index contributed by atoms with van der Waals surface area (Å²) < 4.78 is 27.3. The lowest BCUT2D eigenvalue weighted by molar-refractivity contribution is 0.0691. The van der Waals surface area contributed by atoms with Crippen LogP contribution in [0.25, 0.3) is 0 Å². The van der Waals surface area contributed by atoms with E-state index in [0.29, 0.717) is 10.5 Å². The minimum absolute atomic E-state index is 0.137. The lowest BCUT2D eigenvalue weighted by atomic mass is 10.1. The van der Waals surface area contributed by atoms with E-state index < -0.39 is 34.8 Å². The van der Waals surface area contributed by atoms with Crippen molar-refractivity contribution in [2.75, 3.05) is 5.32 Å². The minimum atomic E-state index is -1.55. The third-order valence-corrected chi connectivity index (χ3v) is 2.89. The number of benzene rings is 1. The second-order valence-electron chi connectivity index (χ2n) is 3.80. The van der Waals surface area contributed by atoms with Crippen LogP contribution in [0, 0.1) is 11.6 Å². The number of carbonyl (C=O) groups excluding carboxylic acids is 1. The topological polar surface area (TPSA) is 82.2 Å². The molecule has 0 bridgehead atoms. The molecule has 1 amide bonds. The van der Waals surface area contributed by atoms with Gasteiger partial charge in [-0.3, -0.25) is 4.79 Å². The van der Waals surface area contributed by atoms with Gasteiger partial charge in [-0.15, -0.1) is 0 Å². The second kappa shape index (κ2) is 5.41. The largest absolute Gasteiger partial charge is 0.478 e. The van der Waals surface area contributed by atoms with Gasteiger partial charge < -0.3 is 15.4 Å². The number of carbonyl (C=O) groups is 2. The first-order chi connectivity index (χ1) is 9.38. The van der Waals surface area contributed by atoms with Crippen LogP contribution in [0.15, 0.2) is 28.9 Å². The molecule has 0 spiro atoms. The Hall–Kier alpha value is -2.22. The molecule has 0 aliphatic heterocycles. The molecular formula is C12H7BrF2N2O3. The molecule has 20 heavy (non-hydrogen) atoms. The number of anilines is 1. The van der Waals surface area contributed by atoms with Gasteiger partial charge in [-0.25, -0.2) is 13.6 Å². The number of H-pyrrole nitrogens is 1. The number of aromatic carboxylic acids is 1. The molecule has 2 rings (SSSR count). The van der Waals surface area contributed by atoms with Gasteiger partial charge in [-0.1, -0.05) is 0 Å². The quantitative estimate of drug-likeness (QED) is 0.800. The summed E-state index contributed by atoms with van der Waals surface area (Å²) in [5.74, 6) is -4.51. The van der Waals surface area contributed by atoms with E-state index in [-0.39, 0.29) is 5.69 Å². The van der Waals surface area contributed by atoms with Gasteiger partial charge >= 0.3 is 5.97 Å². The minimum Gasteiger partial charge on any atom is -0.478 e. The van der Waals surface area contributed by atoms with Crippen LogP contribution >= 0.6 is 15.9 Å². The summed E-state index contributed by atoms with van der Waals surface area (Å²) in [6, 6.07) is 2.58. The molecule has 0 aliphatic carbocycles. The Morgan fingerprint density at radius 2 is 1.90 bits per heavy atom. The van der Waals surface area contributed by atoms with Crippen molar-refractivity contribution in [2.45, 2.75) is 0 Å². The molecule has 2 aromatic rings. The van der Waals surface area contributed by atoms with Gasteiger partial charge in [0.1, 0.15) is 17.3 Å². The molecule has 0 fully saturated rings. The maximum absolute atomic E-state index is 13.5. The van der Waals surface area contributed by atoms with Gasteiger partial charge in [-0.2, -0.15) is 0 Å². The molecule has 5 nitrogen and oxygen atoms in total. The fourth-order valence-corrected chi connectivity index (χ4v) is 1.84. The maximum Gasteiger partial charge on any atom is 0.338 e. The van der Waals surface area contributed by atoms with Crippen LogP contribution in [0.2, 0.25) is 0 Å². The van der Waals surface area contributed by atoms with Crippen LogP contribution in [0.4, 0.5) is 14.5 Å². The van der Waals surface area contributed by atoms with E-state index in [2.05, 4.69) is 26.2 Å². The first-order valence-corrected chi connectivity index (χ1v) is 6.05. The number of hydrogen-bond acceptors (Lipinski definition) is 2. The lowest BCUT2D eigenvalue weighted by Gasteiger charge is -2.07. The highest BCUT2D eigenvalue weighted by Gasteiger charge is 2.17. The van der Waals surface area contributed by atoms with Gasteiger partial charge in [-0.05, 0) is 28.1 Å². The number of halogens is 3. The lowest BCUT2D eigenvalue weighted by Crippen LogP contribution is -2.14. The zero-order valence-electron chi connectivity index (χ0n) is 9.71. The molecule has 8 heteroatoms. The third kappa shape index (κ3) is 2.85. The molecule has 1 aromatic heterocycles. The van der Waals surface area contributed by atoms with E-state index in [1.165, 1.54) is 12.3 Å². The number of carboxylic acid groups (broad SMARTS) is 1. The van der Waals surface area contributed by atoms with Crippen molar-refractivity contribution in [3.8, 4) is 0 Å². The fraction of sp³-hybridized carbons (Fsp3) is 0. The van der Waals surface area contributed by atoms with Gasteiger partial charge in [0, 0.05) is 16.7 Å². The highest BCUT2D eigenvalue weighted by Crippen LogP contribution is 2.21. The molecule has 0 saturated heterocycles. The Morgan fingerprint density at radius 1 is 1.20 bits per heavy atom. The normalized spacial score (nSPS) is 10.3. The van der Waals surface area contributed by atoms with Crippen LogP contribution < -0.4 is 5.32 Å². The molecule has 1 aromatic carbocycles. The number of carboxylic acids is 1. The summed E-state index contributed by atoms with van der Waals surface area (Å²) in [5.41, 5.74) is -1.01. The van der Waals surface area contributed by atoms with Gasteiger partial charge in [0.2, 0.25) is 0 Å². The van der Waals surface area contributed by atoms with Crippen molar-refractivity contribution in [1.82, 2.24) is 4.98 Å². The molecule has 3 N–H and O–H groups in total. The number of hydrogen-bond donors (Lipinski definition) is 3. The predicted octanol–water partition coefficient (Wildman–Crippen LogP) is 3.01. The Balaban J connectivity index is 2.31. The van der Waals surface area contributed by atoms with Crippen molar-refractivity contribution >= 4 is 33.5 Å². The highest BCUT2D eigenvalue weighted by molar-refractivity contribution is 9.10. The molecule has 1 heterocycles. The monoisotopic (exact) mass is 344 g/mol. The van der Waals surface area contributed by atoms with Crippen LogP contribution in [0.1, 0.15) is 20.8 Å². The Bertz CT molecular complexity index is 700. The molecule has 0 unspecified atom stereocenters. The molecule has 0 atom stereocenters. The molecule has 0 saturated carbocycles. The average Bonchev–Trinajstić information content (AvgIpc) is 2.79. The van der Waals surface area contributed by atoms with Crippen molar-refractivity contribution in [1.29, 1.82) is 0 Å². The second-order valence-corrected chi connectivity index (χ2v) is 4.72. The SMILES string of the molecule is O=C(Nc1cc(C(=O)O)c(F)cc1F)c1cc(Br)c[nH]1. The Kier molecular flexibility index (Phi) is 3.84. The Labute approximate surface area is 119 Å². The van der Waals surface area contributed by atoms with E-state index in [4.69, 9.17) is 5.11 Å². The molecule has 0 aliphatic rings. The summed E-state index contributed by atoms with van der Waals surface area (Å²) in [6.45, 7) is 0. The number of rotatable bonds is 3. The summed E-state index contributed by atoms with van der Waals surface area (Å²) >= 11 is 3.13. The number of amides is 1. The van der Waals surface area contributed by atoms with Gasteiger partial charge in [0.05, 0.1) is 11.3 Å². The molecular weight excluding hydrogens is 338 g/mol. The van der Waals surface area contributed by atoms with Crippen molar-refractivity contribution in [3.63, 3.8) is 0 Å². The van der Waals surface area contributed by atoms with Crippen molar-refractivity contribution in [3.05, 3.63) is 51.8 Å². The van der Waals surface area contributed by atoms with E-state index in [1.54, 1.807) is 0 Å². The smallest absolute Gasteiger partial charge is 0.338 e. The van der Waals surface area contributed by atoms with Crippen LogP contribution in [-0.4, -0.2) is 22.0 Å². The van der Waals surface area contributed by atoms with E-state index in [9.17, 15) is 18.4 Å². The third-order valence-electron chi connectivity index (χ3n) is 2.43.